The first kappa shape index (κ1) is 21.7. The quantitative estimate of drug-likeness (QED) is 0.218. The van der Waals surface area contributed by atoms with Gasteiger partial charge in [0.25, 0.3) is 11.6 Å². The summed E-state index contributed by atoms with van der Waals surface area (Å²) in [5, 5.41) is 16.8. The molecule has 0 saturated carbocycles. The van der Waals surface area contributed by atoms with Crippen molar-refractivity contribution in [1.29, 1.82) is 0 Å². The summed E-state index contributed by atoms with van der Waals surface area (Å²) in [5.74, 6) is -2.73. The predicted molar refractivity (Wildman–Crippen MR) is 128 cm³/mol. The molecule has 168 valence electrons. The second kappa shape index (κ2) is 8.31. The van der Waals surface area contributed by atoms with E-state index in [1.807, 2.05) is 0 Å². The van der Waals surface area contributed by atoms with Crippen LogP contribution < -0.4 is 9.91 Å². The number of nitrogens with zero attached hydrogens (tertiary/aromatic N) is 4. The second-order valence-corrected chi connectivity index (χ2v) is 8.62. The van der Waals surface area contributed by atoms with E-state index in [4.69, 9.17) is 0 Å². The lowest BCUT2D eigenvalue weighted by molar-refractivity contribution is -0.384. The number of ketones is 1. The average molecular weight is 519 g/mol. The Balaban J connectivity index is 1.58. The molecule has 0 bridgehead atoms. The molecule has 0 N–H and O–H groups in total. The highest BCUT2D eigenvalue weighted by molar-refractivity contribution is 9.10. The zero-order chi connectivity index (χ0) is 24.0. The van der Waals surface area contributed by atoms with E-state index in [0.717, 1.165) is 9.37 Å². The number of anilines is 2. The third-order valence-corrected chi connectivity index (χ3v) is 6.26. The number of rotatable bonds is 5. The van der Waals surface area contributed by atoms with E-state index in [2.05, 4.69) is 21.0 Å². The van der Waals surface area contributed by atoms with E-state index in [9.17, 15) is 24.5 Å². The molecule has 0 aliphatic carbocycles. The minimum absolute atomic E-state index is 0.0288. The first-order chi connectivity index (χ1) is 16.4. The lowest BCUT2D eigenvalue weighted by Gasteiger charge is -2.22. The van der Waals surface area contributed by atoms with Crippen LogP contribution in [0.3, 0.4) is 0 Å². The van der Waals surface area contributed by atoms with Crippen molar-refractivity contribution >= 4 is 56.3 Å². The highest BCUT2D eigenvalue weighted by Crippen LogP contribution is 2.38. The maximum absolute atomic E-state index is 13.5. The van der Waals surface area contributed by atoms with E-state index in [1.54, 1.807) is 54.6 Å². The summed E-state index contributed by atoms with van der Waals surface area (Å²) in [6.07, 6.45) is 0. The van der Waals surface area contributed by atoms with Crippen LogP contribution in [0.2, 0.25) is 0 Å². The van der Waals surface area contributed by atoms with Gasteiger partial charge in [-0.1, -0.05) is 34.1 Å². The van der Waals surface area contributed by atoms with Gasteiger partial charge >= 0.3 is 0 Å². The van der Waals surface area contributed by atoms with Crippen molar-refractivity contribution in [2.45, 2.75) is 6.04 Å². The number of non-ortho nitro benzene ring substituents is 1. The standard InChI is InChI=1S/C24H15BrN4O5/c25-15-8-6-14(7-9-15)22(30)20-19-21(28(26-20)17-4-2-1-3-5-17)24(32)27(23(19)31)16-10-12-18(13-11-16)29(33)34/h1-13,19,21H. The van der Waals surface area contributed by atoms with Crippen LogP contribution in [0.15, 0.2) is 88.4 Å². The number of hydrazone groups is 1. The normalized spacial score (nSPS) is 19.3. The molecular weight excluding hydrogens is 504 g/mol. The number of halogens is 1. The molecule has 3 aromatic rings. The molecule has 2 aliphatic rings. The lowest BCUT2D eigenvalue weighted by atomic mass is 9.92. The Labute approximate surface area is 201 Å². The number of benzene rings is 3. The number of hydrogen-bond acceptors (Lipinski definition) is 7. The molecule has 2 atom stereocenters. The van der Waals surface area contributed by atoms with Crippen molar-refractivity contribution < 1.29 is 19.3 Å². The minimum Gasteiger partial charge on any atom is -0.287 e. The predicted octanol–water partition coefficient (Wildman–Crippen LogP) is 3.97. The monoisotopic (exact) mass is 518 g/mol. The van der Waals surface area contributed by atoms with E-state index in [-0.39, 0.29) is 17.1 Å². The summed E-state index contributed by atoms with van der Waals surface area (Å²) in [7, 11) is 0. The van der Waals surface area contributed by atoms with Gasteiger partial charge < -0.3 is 0 Å². The van der Waals surface area contributed by atoms with Gasteiger partial charge in [-0.05, 0) is 48.5 Å². The van der Waals surface area contributed by atoms with Gasteiger partial charge in [0.1, 0.15) is 17.7 Å². The van der Waals surface area contributed by atoms with Crippen LogP contribution in [0.4, 0.5) is 17.1 Å². The summed E-state index contributed by atoms with van der Waals surface area (Å²) in [4.78, 5) is 51.7. The van der Waals surface area contributed by atoms with E-state index in [0.29, 0.717) is 11.3 Å². The Hall–Kier alpha value is -4.18. The van der Waals surface area contributed by atoms with Gasteiger partial charge in [0.15, 0.2) is 0 Å². The Bertz CT molecular complexity index is 1360. The number of nitro benzene ring substituents is 1. The molecule has 2 unspecified atom stereocenters. The molecule has 2 amide bonds. The van der Waals surface area contributed by atoms with Crippen LogP contribution in [-0.4, -0.2) is 34.3 Å². The molecule has 0 spiro atoms. The SMILES string of the molecule is O=C(C1=NN(c2ccccc2)C2C(=O)N(c3ccc([N+](=O)[O-])cc3)C(=O)C12)c1ccc(Br)cc1. The van der Waals surface area contributed by atoms with Gasteiger partial charge in [-0.2, -0.15) is 5.10 Å². The smallest absolute Gasteiger partial charge is 0.269 e. The van der Waals surface area contributed by atoms with Crippen LogP contribution in [0, 0.1) is 16.0 Å². The number of amides is 2. The first-order valence-electron chi connectivity index (χ1n) is 10.2. The van der Waals surface area contributed by atoms with Gasteiger partial charge in [-0.15, -0.1) is 0 Å². The Morgan fingerprint density at radius 2 is 1.53 bits per heavy atom. The summed E-state index contributed by atoms with van der Waals surface area (Å²) < 4.78 is 0.790. The zero-order valence-corrected chi connectivity index (χ0v) is 19.0. The van der Waals surface area contributed by atoms with Gasteiger partial charge in [0, 0.05) is 22.2 Å². The molecule has 34 heavy (non-hydrogen) atoms. The fourth-order valence-electron chi connectivity index (χ4n) is 4.12. The van der Waals surface area contributed by atoms with Crippen molar-refractivity contribution in [2.24, 2.45) is 11.0 Å². The third-order valence-electron chi connectivity index (χ3n) is 5.73. The maximum Gasteiger partial charge on any atom is 0.269 e. The summed E-state index contributed by atoms with van der Waals surface area (Å²) in [5.41, 5.74) is 0.895. The van der Waals surface area contributed by atoms with Gasteiger partial charge in [-0.3, -0.25) is 29.5 Å². The number of fused-ring (bicyclic) bond motifs is 1. The van der Waals surface area contributed by atoms with Crippen molar-refractivity contribution in [3.8, 4) is 0 Å². The van der Waals surface area contributed by atoms with Gasteiger partial charge in [0.05, 0.1) is 16.3 Å². The minimum atomic E-state index is -1.11. The number of Topliss-reactive ketones (excluding diaryl/α,β-unsaturated/α-hetero) is 1. The fourth-order valence-corrected chi connectivity index (χ4v) is 4.39. The largest absolute Gasteiger partial charge is 0.287 e. The number of hydrogen-bond donors (Lipinski definition) is 0. The van der Waals surface area contributed by atoms with E-state index < -0.39 is 34.5 Å². The number of carbonyl (C=O) groups excluding carboxylic acids is 3. The van der Waals surface area contributed by atoms with Crippen LogP contribution in [0.25, 0.3) is 0 Å². The van der Waals surface area contributed by atoms with Crippen molar-refractivity contribution in [3.05, 3.63) is 99.0 Å². The topological polar surface area (TPSA) is 113 Å². The molecular formula is C24H15BrN4O5. The highest BCUT2D eigenvalue weighted by atomic mass is 79.9. The molecule has 1 saturated heterocycles. The van der Waals surface area contributed by atoms with E-state index >= 15 is 0 Å². The van der Waals surface area contributed by atoms with Crippen molar-refractivity contribution in [3.63, 3.8) is 0 Å². The number of imide groups is 1. The Morgan fingerprint density at radius 1 is 0.882 bits per heavy atom. The molecule has 0 aromatic heterocycles. The van der Waals surface area contributed by atoms with Gasteiger partial charge in [0.2, 0.25) is 11.7 Å². The van der Waals surface area contributed by atoms with Crippen molar-refractivity contribution in [1.82, 2.24) is 0 Å². The summed E-state index contributed by atoms with van der Waals surface area (Å²) >= 11 is 3.33. The number of nitro groups is 1. The molecule has 10 heteroatoms. The third kappa shape index (κ3) is 3.48. The highest BCUT2D eigenvalue weighted by Gasteiger charge is 2.58. The van der Waals surface area contributed by atoms with Gasteiger partial charge in [-0.25, -0.2) is 4.90 Å². The molecule has 9 nitrogen and oxygen atoms in total. The lowest BCUT2D eigenvalue weighted by Crippen LogP contribution is -2.39. The average Bonchev–Trinajstić information content (AvgIpc) is 3.36. The van der Waals surface area contributed by atoms with Crippen LogP contribution in [0.5, 0.6) is 0 Å². The molecule has 2 heterocycles. The molecule has 2 aliphatic heterocycles. The van der Waals surface area contributed by atoms with Crippen LogP contribution in [0.1, 0.15) is 10.4 Å². The second-order valence-electron chi connectivity index (χ2n) is 7.71. The first-order valence-corrected chi connectivity index (χ1v) is 11.0. The summed E-state index contributed by atoms with van der Waals surface area (Å²) in [6, 6.07) is 19.5. The summed E-state index contributed by atoms with van der Waals surface area (Å²) in [6.45, 7) is 0. The Morgan fingerprint density at radius 3 is 2.15 bits per heavy atom. The fraction of sp³-hybridized carbons (Fsp3) is 0.0833. The number of para-hydroxylation sites is 1. The van der Waals surface area contributed by atoms with Crippen molar-refractivity contribution in [2.75, 3.05) is 9.91 Å². The maximum atomic E-state index is 13.5. The zero-order valence-electron chi connectivity index (χ0n) is 17.4. The molecule has 5 rings (SSSR count). The van der Waals surface area contributed by atoms with Crippen LogP contribution in [-0.2, 0) is 9.59 Å². The molecule has 3 aromatic carbocycles. The molecule has 0 radical (unpaired) electrons. The molecule has 1 fully saturated rings. The number of carbonyl (C=O) groups is 3. The Kier molecular flexibility index (Phi) is 5.29. The van der Waals surface area contributed by atoms with Crippen LogP contribution >= 0.6 is 15.9 Å². The van der Waals surface area contributed by atoms with E-state index in [1.165, 1.54) is 29.3 Å².